The maximum atomic E-state index is 12.9. The summed E-state index contributed by atoms with van der Waals surface area (Å²) in [6, 6.07) is 37.1. The van der Waals surface area contributed by atoms with Gasteiger partial charge in [0.25, 0.3) is 11.8 Å². The van der Waals surface area contributed by atoms with Crippen LogP contribution >= 0.6 is 0 Å². The van der Waals surface area contributed by atoms with Crippen molar-refractivity contribution >= 4 is 11.8 Å². The molecule has 0 spiro atoms. The lowest BCUT2D eigenvalue weighted by molar-refractivity contribution is -0.252. The molecule has 51 heavy (non-hydrogen) atoms. The van der Waals surface area contributed by atoms with Crippen molar-refractivity contribution in [3.05, 3.63) is 160 Å². The van der Waals surface area contributed by atoms with Crippen molar-refractivity contribution in [2.45, 2.75) is 44.2 Å². The molecule has 0 radical (unpaired) electrons. The van der Waals surface area contributed by atoms with E-state index in [-0.39, 0.29) is 42.9 Å². The second kappa shape index (κ2) is 15.0. The van der Waals surface area contributed by atoms with Crippen LogP contribution in [0.25, 0.3) is 11.1 Å². The van der Waals surface area contributed by atoms with Crippen LogP contribution in [0, 0.1) is 0 Å². The van der Waals surface area contributed by atoms with Gasteiger partial charge in [0.15, 0.2) is 6.29 Å². The average molecular weight is 685 g/mol. The number of fused-ring (bicyclic) bond motifs is 1. The summed E-state index contributed by atoms with van der Waals surface area (Å²) in [6.45, 7) is 1.04. The van der Waals surface area contributed by atoms with Gasteiger partial charge in [-0.1, -0.05) is 91.0 Å². The second-order valence-electron chi connectivity index (χ2n) is 13.2. The van der Waals surface area contributed by atoms with E-state index in [0.717, 1.165) is 33.4 Å². The number of carbonyl (C=O) groups excluding carboxylic acids is 2. The molecule has 3 N–H and O–H groups in total. The molecule has 4 atom stereocenters. The zero-order chi connectivity index (χ0) is 35.5. The van der Waals surface area contributed by atoms with Gasteiger partial charge in [0.1, 0.15) is 5.75 Å². The number of phenolic OH excluding ortho intramolecular Hbond substituents is 1. The topological polar surface area (TPSA) is 120 Å². The molecule has 2 amide bonds. The number of aromatic hydroxyl groups is 1. The van der Waals surface area contributed by atoms with Gasteiger partial charge < -0.3 is 29.7 Å². The van der Waals surface area contributed by atoms with Crippen LogP contribution in [0.2, 0.25) is 0 Å². The highest BCUT2D eigenvalue weighted by atomic mass is 16.7. The number of likely N-dealkylation sites (N-methyl/N-ethyl adjacent to an activating group) is 1. The van der Waals surface area contributed by atoms with E-state index in [1.807, 2.05) is 84.7 Å². The number of ether oxygens (including phenoxy) is 2. The summed E-state index contributed by atoms with van der Waals surface area (Å²) < 4.78 is 13.1. The van der Waals surface area contributed by atoms with Crippen LogP contribution in [0.3, 0.4) is 0 Å². The molecule has 5 aromatic rings. The van der Waals surface area contributed by atoms with Gasteiger partial charge in [0.05, 0.1) is 42.6 Å². The van der Waals surface area contributed by atoms with Gasteiger partial charge in [-0.2, -0.15) is 0 Å². The van der Waals surface area contributed by atoms with E-state index in [1.54, 1.807) is 48.5 Å². The van der Waals surface area contributed by atoms with Gasteiger partial charge in [-0.25, -0.2) is 0 Å². The van der Waals surface area contributed by atoms with Crippen LogP contribution in [-0.4, -0.2) is 63.2 Å². The number of amides is 2. The first-order valence-corrected chi connectivity index (χ1v) is 17.1. The molecule has 0 aliphatic carbocycles. The molecule has 2 aliphatic heterocycles. The van der Waals surface area contributed by atoms with E-state index >= 15 is 0 Å². The fourth-order valence-corrected chi connectivity index (χ4v) is 6.84. The minimum atomic E-state index is -0.779. The number of hydrogen-bond donors (Lipinski definition) is 3. The maximum Gasteiger partial charge on any atom is 0.261 e. The Balaban J connectivity index is 1.06. The highest BCUT2D eigenvalue weighted by Gasteiger charge is 2.35. The largest absolute Gasteiger partial charge is 0.508 e. The number of benzene rings is 5. The molecular weight excluding hydrogens is 644 g/mol. The monoisotopic (exact) mass is 684 g/mol. The maximum absolute atomic E-state index is 12.9. The molecule has 1 saturated heterocycles. The zero-order valence-electron chi connectivity index (χ0n) is 28.3. The average Bonchev–Trinajstić information content (AvgIpc) is 3.39. The SMILES string of the molecule is CN(C[C@@H]1C[C@H](c2ccc(CO)cc2)O[C@H](c2ccc(-c3cccc(CN4C(=O)c5ccccc5C4=O)c3)cc2)O1)C[C@@H](O)c1cccc(O)c1. The van der Waals surface area contributed by atoms with Crippen molar-refractivity contribution in [2.24, 2.45) is 0 Å². The number of carbonyl (C=O) groups is 2. The summed E-state index contributed by atoms with van der Waals surface area (Å²) in [5.74, 6) is -0.449. The van der Waals surface area contributed by atoms with Crippen molar-refractivity contribution in [3.63, 3.8) is 0 Å². The van der Waals surface area contributed by atoms with Crippen LogP contribution < -0.4 is 0 Å². The third kappa shape index (κ3) is 7.63. The van der Waals surface area contributed by atoms with Crippen molar-refractivity contribution in [2.75, 3.05) is 20.1 Å². The van der Waals surface area contributed by atoms with Gasteiger partial charge in [-0.05, 0) is 70.8 Å². The minimum Gasteiger partial charge on any atom is -0.508 e. The van der Waals surface area contributed by atoms with Crippen LogP contribution in [0.5, 0.6) is 5.75 Å². The summed E-state index contributed by atoms with van der Waals surface area (Å²) in [7, 11) is 1.93. The number of rotatable bonds is 11. The molecule has 9 nitrogen and oxygen atoms in total. The van der Waals surface area contributed by atoms with Crippen molar-refractivity contribution in [1.82, 2.24) is 9.80 Å². The predicted octanol–water partition coefficient (Wildman–Crippen LogP) is 6.56. The van der Waals surface area contributed by atoms with Gasteiger partial charge >= 0.3 is 0 Å². The van der Waals surface area contributed by atoms with Crippen molar-refractivity contribution in [1.29, 1.82) is 0 Å². The van der Waals surface area contributed by atoms with E-state index in [1.165, 1.54) is 4.90 Å². The Bertz CT molecular complexity index is 1980. The Morgan fingerprint density at radius 1 is 0.765 bits per heavy atom. The van der Waals surface area contributed by atoms with Gasteiger partial charge in [-0.3, -0.25) is 14.5 Å². The summed E-state index contributed by atoms with van der Waals surface area (Å²) in [4.78, 5) is 29.2. The molecule has 0 unspecified atom stereocenters. The van der Waals surface area contributed by atoms with Crippen LogP contribution in [-0.2, 0) is 22.6 Å². The second-order valence-corrected chi connectivity index (χ2v) is 13.2. The Kier molecular flexibility index (Phi) is 10.1. The molecule has 9 heteroatoms. The summed E-state index contributed by atoms with van der Waals surface area (Å²) in [5.41, 5.74) is 6.94. The summed E-state index contributed by atoms with van der Waals surface area (Å²) >= 11 is 0. The molecule has 0 saturated carbocycles. The fourth-order valence-electron chi connectivity index (χ4n) is 6.84. The number of imide groups is 1. The highest BCUT2D eigenvalue weighted by molar-refractivity contribution is 6.21. The molecule has 0 aromatic heterocycles. The Labute approximate surface area is 296 Å². The first kappa shape index (κ1) is 34.3. The lowest BCUT2D eigenvalue weighted by Crippen LogP contribution is -2.39. The summed E-state index contributed by atoms with van der Waals surface area (Å²) in [5, 5.41) is 30.3. The number of aliphatic hydroxyl groups is 2. The van der Waals surface area contributed by atoms with Crippen LogP contribution in [0.1, 0.15) is 73.5 Å². The third-order valence-electron chi connectivity index (χ3n) is 9.53. The number of hydrogen-bond acceptors (Lipinski definition) is 8. The molecule has 260 valence electrons. The third-order valence-corrected chi connectivity index (χ3v) is 9.53. The molecule has 2 aliphatic rings. The quantitative estimate of drug-likeness (QED) is 0.134. The lowest BCUT2D eigenvalue weighted by Gasteiger charge is -2.38. The molecule has 5 aromatic carbocycles. The highest BCUT2D eigenvalue weighted by Crippen LogP contribution is 2.39. The van der Waals surface area contributed by atoms with E-state index in [9.17, 15) is 24.9 Å². The Hall–Kier alpha value is -5.16. The zero-order valence-corrected chi connectivity index (χ0v) is 28.3. The first-order chi connectivity index (χ1) is 24.7. The Morgan fingerprint density at radius 2 is 1.45 bits per heavy atom. The van der Waals surface area contributed by atoms with Crippen LogP contribution in [0.15, 0.2) is 121 Å². The normalized spacial score (nSPS) is 19.4. The number of phenols is 1. The molecular formula is C42H40N2O7. The molecule has 2 heterocycles. The Morgan fingerprint density at radius 3 is 2.14 bits per heavy atom. The minimum absolute atomic E-state index is 0.0372. The van der Waals surface area contributed by atoms with Crippen LogP contribution in [0.4, 0.5) is 0 Å². The number of nitrogens with zero attached hydrogens (tertiary/aromatic N) is 2. The molecule has 0 bridgehead atoms. The van der Waals surface area contributed by atoms with E-state index in [4.69, 9.17) is 9.47 Å². The predicted molar refractivity (Wildman–Crippen MR) is 192 cm³/mol. The van der Waals surface area contributed by atoms with E-state index < -0.39 is 12.4 Å². The fraction of sp³-hybridized carbons (Fsp3) is 0.238. The molecule has 1 fully saturated rings. The van der Waals surface area contributed by atoms with Gasteiger partial charge in [0.2, 0.25) is 0 Å². The number of aliphatic hydroxyl groups excluding tert-OH is 2. The standard InChI is InChI=1S/C42H40N2O7/c1-43(25-38(47)33-8-5-9-34(46)21-33)24-35-22-39(30-14-12-27(26-45)13-15-30)51-42(50-35)31-18-16-29(17-19-31)32-7-4-6-28(20-32)23-44-40(48)36-10-2-3-11-37(36)41(44)49/h2-21,35,38-39,42,45-47H,22-26H2,1H3/t35-,38+,39+,42+/m0/s1. The van der Waals surface area contributed by atoms with E-state index in [2.05, 4.69) is 0 Å². The van der Waals surface area contributed by atoms with Crippen molar-refractivity contribution in [3.8, 4) is 16.9 Å². The van der Waals surface area contributed by atoms with Gasteiger partial charge in [0, 0.05) is 25.1 Å². The smallest absolute Gasteiger partial charge is 0.261 e. The first-order valence-electron chi connectivity index (χ1n) is 17.1. The summed E-state index contributed by atoms with van der Waals surface area (Å²) in [6.07, 6.45) is -1.31. The van der Waals surface area contributed by atoms with E-state index in [0.29, 0.717) is 36.2 Å². The van der Waals surface area contributed by atoms with Gasteiger partial charge in [-0.15, -0.1) is 0 Å². The molecule has 7 rings (SSSR count). The lowest BCUT2D eigenvalue weighted by atomic mass is 9.98. The van der Waals surface area contributed by atoms with Crippen molar-refractivity contribution < 1.29 is 34.4 Å².